The minimum atomic E-state index is 0.387. The molecule has 1 atom stereocenters. The van der Waals surface area contributed by atoms with Gasteiger partial charge in [-0.15, -0.1) is 0 Å². The Morgan fingerprint density at radius 2 is 2.22 bits per heavy atom. The normalized spacial score (nSPS) is 17.3. The maximum Gasteiger partial charge on any atom is 0.114 e. The molecular weight excluding hydrogens is 222 g/mol. The molecule has 3 rings (SSSR count). The molecule has 1 aliphatic carbocycles. The lowest BCUT2D eigenvalue weighted by Gasteiger charge is -2.14. The Hall–Kier alpha value is -1.35. The van der Waals surface area contributed by atoms with Crippen molar-refractivity contribution >= 4 is 11.0 Å². The quantitative estimate of drug-likeness (QED) is 0.896. The molecule has 0 spiro atoms. The Morgan fingerprint density at radius 3 is 2.83 bits per heavy atom. The van der Waals surface area contributed by atoms with Crippen LogP contribution in [0.4, 0.5) is 0 Å². The Kier molecular flexibility index (Phi) is 2.86. The molecule has 0 radical (unpaired) electrons. The minimum absolute atomic E-state index is 0.387. The molecule has 2 aromatic rings. The van der Waals surface area contributed by atoms with Crippen LogP contribution in [0.15, 0.2) is 18.2 Å². The highest BCUT2D eigenvalue weighted by atomic mass is 15.1. The predicted octanol–water partition coefficient (Wildman–Crippen LogP) is 3.13. The molecule has 3 heteroatoms. The van der Waals surface area contributed by atoms with E-state index in [-0.39, 0.29) is 0 Å². The fraction of sp³-hybridized carbons (Fsp3) is 0.533. The van der Waals surface area contributed by atoms with Crippen molar-refractivity contribution in [3.05, 3.63) is 29.6 Å². The van der Waals surface area contributed by atoms with Crippen molar-refractivity contribution in [2.24, 2.45) is 5.73 Å². The molecule has 0 amide bonds. The first-order valence-corrected chi connectivity index (χ1v) is 6.93. The first-order valence-electron chi connectivity index (χ1n) is 6.93. The summed E-state index contributed by atoms with van der Waals surface area (Å²) in [5.74, 6) is 1.58. The van der Waals surface area contributed by atoms with E-state index in [1.54, 1.807) is 0 Å². The Labute approximate surface area is 108 Å². The maximum atomic E-state index is 5.90. The average Bonchev–Trinajstić information content (AvgIpc) is 3.13. The molecular formula is C15H21N3. The first kappa shape index (κ1) is 11.7. The van der Waals surface area contributed by atoms with E-state index < -0.39 is 0 Å². The van der Waals surface area contributed by atoms with Crippen LogP contribution in [-0.2, 0) is 0 Å². The van der Waals surface area contributed by atoms with Gasteiger partial charge in [0.25, 0.3) is 0 Å². The average molecular weight is 243 g/mol. The Morgan fingerprint density at radius 1 is 1.44 bits per heavy atom. The number of nitrogens with zero attached hydrogens (tertiary/aromatic N) is 2. The molecule has 2 N–H and O–H groups in total. The smallest absolute Gasteiger partial charge is 0.114 e. The molecule has 0 saturated heterocycles. The molecule has 96 valence electrons. The summed E-state index contributed by atoms with van der Waals surface area (Å²) in [6, 6.07) is 7.23. The van der Waals surface area contributed by atoms with Gasteiger partial charge in [0.1, 0.15) is 5.82 Å². The Balaban J connectivity index is 2.19. The van der Waals surface area contributed by atoms with Gasteiger partial charge in [-0.1, -0.05) is 13.0 Å². The number of hydrogen-bond acceptors (Lipinski definition) is 2. The van der Waals surface area contributed by atoms with Crippen molar-refractivity contribution in [1.29, 1.82) is 0 Å². The standard InChI is InChI=1S/C15H21N3/c1-3-11(9-16)15-17-13-8-10(2)4-7-14(13)18(15)12-5-6-12/h4,7-8,11-12H,3,5-6,9,16H2,1-2H3. The highest BCUT2D eigenvalue weighted by Gasteiger charge is 2.30. The van der Waals surface area contributed by atoms with Gasteiger partial charge < -0.3 is 10.3 Å². The molecule has 1 unspecified atom stereocenters. The zero-order valence-electron chi connectivity index (χ0n) is 11.2. The van der Waals surface area contributed by atoms with Crippen molar-refractivity contribution in [2.45, 2.75) is 45.1 Å². The molecule has 1 aromatic heterocycles. The number of nitrogens with two attached hydrogens (primary N) is 1. The zero-order valence-corrected chi connectivity index (χ0v) is 11.2. The van der Waals surface area contributed by atoms with Gasteiger partial charge in [0.15, 0.2) is 0 Å². The van der Waals surface area contributed by atoms with Crippen LogP contribution < -0.4 is 5.73 Å². The summed E-state index contributed by atoms with van der Waals surface area (Å²) in [6.07, 6.45) is 3.63. The highest BCUT2D eigenvalue weighted by molar-refractivity contribution is 5.77. The van der Waals surface area contributed by atoms with Crippen LogP contribution in [0.3, 0.4) is 0 Å². The molecule has 0 aliphatic heterocycles. The van der Waals surface area contributed by atoms with Crippen LogP contribution in [0.1, 0.15) is 49.5 Å². The summed E-state index contributed by atoms with van der Waals surface area (Å²) >= 11 is 0. The second-order valence-electron chi connectivity index (χ2n) is 5.40. The van der Waals surface area contributed by atoms with E-state index in [2.05, 4.69) is 36.6 Å². The minimum Gasteiger partial charge on any atom is -0.330 e. The van der Waals surface area contributed by atoms with E-state index >= 15 is 0 Å². The van der Waals surface area contributed by atoms with E-state index in [1.165, 1.54) is 29.7 Å². The molecule has 1 aliphatic rings. The number of aryl methyl sites for hydroxylation is 1. The van der Waals surface area contributed by atoms with Gasteiger partial charge in [0, 0.05) is 18.5 Å². The van der Waals surface area contributed by atoms with Gasteiger partial charge in [-0.3, -0.25) is 0 Å². The second-order valence-corrected chi connectivity index (χ2v) is 5.40. The zero-order chi connectivity index (χ0) is 12.7. The third kappa shape index (κ3) is 1.83. The van der Waals surface area contributed by atoms with E-state index in [0.717, 1.165) is 11.9 Å². The van der Waals surface area contributed by atoms with Gasteiger partial charge in [-0.05, 0) is 43.9 Å². The Bertz CT molecular complexity index is 562. The maximum absolute atomic E-state index is 5.90. The van der Waals surface area contributed by atoms with Gasteiger partial charge in [-0.2, -0.15) is 0 Å². The van der Waals surface area contributed by atoms with Gasteiger partial charge in [0.2, 0.25) is 0 Å². The topological polar surface area (TPSA) is 43.8 Å². The van der Waals surface area contributed by atoms with Crippen LogP contribution >= 0.6 is 0 Å². The fourth-order valence-electron chi connectivity index (χ4n) is 2.69. The third-order valence-electron chi connectivity index (χ3n) is 3.93. The molecule has 1 heterocycles. The lowest BCUT2D eigenvalue weighted by molar-refractivity contribution is 0.580. The van der Waals surface area contributed by atoms with Crippen LogP contribution in [-0.4, -0.2) is 16.1 Å². The monoisotopic (exact) mass is 243 g/mol. The van der Waals surface area contributed by atoms with E-state index in [0.29, 0.717) is 18.5 Å². The summed E-state index contributed by atoms with van der Waals surface area (Å²) in [5, 5.41) is 0. The molecule has 1 saturated carbocycles. The summed E-state index contributed by atoms with van der Waals surface area (Å²) in [5.41, 5.74) is 9.59. The summed E-state index contributed by atoms with van der Waals surface area (Å²) in [4.78, 5) is 4.86. The fourth-order valence-corrected chi connectivity index (χ4v) is 2.69. The molecule has 0 bridgehead atoms. The SMILES string of the molecule is CCC(CN)c1nc2cc(C)ccc2n1C1CC1. The van der Waals surface area contributed by atoms with Gasteiger partial charge in [0.05, 0.1) is 11.0 Å². The van der Waals surface area contributed by atoms with Gasteiger partial charge >= 0.3 is 0 Å². The van der Waals surface area contributed by atoms with Crippen LogP contribution in [0.25, 0.3) is 11.0 Å². The second kappa shape index (κ2) is 4.39. The van der Waals surface area contributed by atoms with Crippen molar-refractivity contribution in [1.82, 2.24) is 9.55 Å². The van der Waals surface area contributed by atoms with Gasteiger partial charge in [-0.25, -0.2) is 4.98 Å². The summed E-state index contributed by atoms with van der Waals surface area (Å²) < 4.78 is 2.44. The number of imidazole rings is 1. The van der Waals surface area contributed by atoms with Crippen molar-refractivity contribution in [3.8, 4) is 0 Å². The number of fused-ring (bicyclic) bond motifs is 1. The van der Waals surface area contributed by atoms with E-state index in [9.17, 15) is 0 Å². The van der Waals surface area contributed by atoms with Crippen molar-refractivity contribution < 1.29 is 0 Å². The predicted molar refractivity (Wildman–Crippen MR) is 74.8 cm³/mol. The van der Waals surface area contributed by atoms with E-state index in [4.69, 9.17) is 10.7 Å². The van der Waals surface area contributed by atoms with Crippen LogP contribution in [0, 0.1) is 6.92 Å². The number of hydrogen-bond donors (Lipinski definition) is 1. The number of rotatable bonds is 4. The van der Waals surface area contributed by atoms with Crippen molar-refractivity contribution in [3.63, 3.8) is 0 Å². The lowest BCUT2D eigenvalue weighted by atomic mass is 10.1. The number of aromatic nitrogens is 2. The molecule has 3 nitrogen and oxygen atoms in total. The highest BCUT2D eigenvalue weighted by Crippen LogP contribution is 2.40. The number of benzene rings is 1. The van der Waals surface area contributed by atoms with E-state index in [1.807, 2.05) is 0 Å². The molecule has 1 aromatic carbocycles. The summed E-state index contributed by atoms with van der Waals surface area (Å²) in [6.45, 7) is 5.00. The van der Waals surface area contributed by atoms with Crippen LogP contribution in [0.5, 0.6) is 0 Å². The lowest BCUT2D eigenvalue weighted by Crippen LogP contribution is -2.16. The third-order valence-corrected chi connectivity index (χ3v) is 3.93. The summed E-state index contributed by atoms with van der Waals surface area (Å²) in [7, 11) is 0. The molecule has 1 fully saturated rings. The molecule has 18 heavy (non-hydrogen) atoms. The first-order chi connectivity index (χ1) is 8.74. The van der Waals surface area contributed by atoms with Crippen LogP contribution in [0.2, 0.25) is 0 Å². The largest absolute Gasteiger partial charge is 0.330 e. The van der Waals surface area contributed by atoms with Crippen molar-refractivity contribution in [2.75, 3.05) is 6.54 Å².